The number of amides is 2. The number of halogens is 3. The summed E-state index contributed by atoms with van der Waals surface area (Å²) in [6.07, 6.45) is 3.07. The molecule has 0 spiro atoms. The topological polar surface area (TPSA) is 167 Å². The third-order valence-electron chi connectivity index (χ3n) is 11.3. The lowest BCUT2D eigenvalue weighted by Gasteiger charge is -2.36. The Balaban J connectivity index is 1.10. The van der Waals surface area contributed by atoms with Crippen molar-refractivity contribution in [1.82, 2.24) is 25.1 Å². The van der Waals surface area contributed by atoms with Crippen molar-refractivity contribution in [3.8, 4) is 0 Å². The van der Waals surface area contributed by atoms with Crippen LogP contribution in [-0.4, -0.2) is 137 Å². The summed E-state index contributed by atoms with van der Waals surface area (Å²) >= 11 is 6.31. The van der Waals surface area contributed by atoms with Gasteiger partial charge in [0.05, 0.1) is 32.1 Å². The number of nitrogens with zero attached hydrogens (tertiary/aromatic N) is 5. The number of pyridine rings is 1. The molecule has 3 aliphatic rings. The molecule has 1 aromatic heterocycles. The van der Waals surface area contributed by atoms with E-state index in [2.05, 4.69) is 34.9 Å². The number of hydrogen-bond acceptors (Lipinski definition) is 10. The van der Waals surface area contributed by atoms with Crippen LogP contribution < -0.4 is 25.6 Å². The molecule has 0 unspecified atom stereocenters. The molecule has 2 aliphatic heterocycles. The van der Waals surface area contributed by atoms with Crippen molar-refractivity contribution in [2.75, 3.05) is 82.8 Å². The maximum Gasteiger partial charge on any atom is 0.373 e. The molecular formula is C37H58B2ClF2N8O6S+. The second-order valence-corrected chi connectivity index (χ2v) is 18.7. The van der Waals surface area contributed by atoms with Gasteiger partial charge in [0.15, 0.2) is 0 Å². The molecule has 0 radical (unpaired) electrons. The van der Waals surface area contributed by atoms with E-state index >= 15 is 8.78 Å². The fourth-order valence-electron chi connectivity index (χ4n) is 8.10. The van der Waals surface area contributed by atoms with E-state index in [0.717, 1.165) is 37.0 Å². The van der Waals surface area contributed by atoms with Crippen molar-refractivity contribution in [2.24, 2.45) is 11.8 Å². The van der Waals surface area contributed by atoms with E-state index in [1.807, 2.05) is 0 Å². The second kappa shape index (κ2) is 19.4. The van der Waals surface area contributed by atoms with Crippen LogP contribution in [0.5, 0.6) is 0 Å². The molecule has 2 amide bonds. The first kappa shape index (κ1) is 45.2. The Labute approximate surface area is 341 Å². The van der Waals surface area contributed by atoms with Crippen molar-refractivity contribution in [1.29, 1.82) is 0 Å². The Morgan fingerprint density at radius 1 is 0.982 bits per heavy atom. The van der Waals surface area contributed by atoms with E-state index in [9.17, 15) is 28.1 Å². The number of nitrogens with one attached hydrogen (secondary N) is 3. The average Bonchev–Trinajstić information content (AvgIpc) is 3.53. The van der Waals surface area contributed by atoms with Crippen LogP contribution in [0.15, 0.2) is 41.3 Å². The van der Waals surface area contributed by atoms with Gasteiger partial charge in [-0.25, -0.2) is 22.2 Å². The number of carbonyl (C=O) groups excluding carboxylic acids is 2. The molecule has 2 aromatic rings. The van der Waals surface area contributed by atoms with Gasteiger partial charge in [-0.15, -0.1) is 0 Å². The van der Waals surface area contributed by atoms with Crippen molar-refractivity contribution in [3.63, 3.8) is 0 Å². The molecule has 20 heteroatoms. The number of hydrogen-bond donors (Lipinski definition) is 5. The molecule has 1 atom stereocenters. The number of alkyl halides is 2. The molecule has 1 aromatic carbocycles. The highest BCUT2D eigenvalue weighted by molar-refractivity contribution is 7.89. The summed E-state index contributed by atoms with van der Waals surface area (Å²) in [4.78, 5) is 33.2. The van der Waals surface area contributed by atoms with Gasteiger partial charge in [-0.3, -0.25) is 9.59 Å². The quantitative estimate of drug-likeness (QED) is 0.0653. The average molecular weight is 838 g/mol. The number of piperazine rings is 1. The largest absolute Gasteiger partial charge is 0.437 e. The summed E-state index contributed by atoms with van der Waals surface area (Å²) in [7, 11) is -0.893. The number of quaternary nitrogens is 1. The molecule has 5 rings (SSSR count). The summed E-state index contributed by atoms with van der Waals surface area (Å²) in [5, 5.41) is 27.8. The third kappa shape index (κ3) is 12.1. The van der Waals surface area contributed by atoms with Gasteiger partial charge in [-0.05, 0) is 82.3 Å². The van der Waals surface area contributed by atoms with Crippen LogP contribution in [0.1, 0.15) is 50.5 Å². The summed E-state index contributed by atoms with van der Waals surface area (Å²) in [5.74, 6) is -4.44. The van der Waals surface area contributed by atoms with Gasteiger partial charge in [0.25, 0.3) is 5.92 Å². The molecule has 3 heterocycles. The minimum atomic E-state index is -3.88. The summed E-state index contributed by atoms with van der Waals surface area (Å²) in [6, 6.07) is 8.45. The van der Waals surface area contributed by atoms with Crippen molar-refractivity contribution in [3.05, 3.63) is 47.1 Å². The maximum atomic E-state index is 16.1. The Bertz CT molecular complexity index is 1780. The van der Waals surface area contributed by atoms with Crippen LogP contribution in [0.25, 0.3) is 0 Å². The zero-order chi connectivity index (χ0) is 41.5. The summed E-state index contributed by atoms with van der Waals surface area (Å²) in [6.45, 7) is 7.35. The second-order valence-electron chi connectivity index (χ2n) is 16.4. The molecule has 57 heavy (non-hydrogen) atoms. The highest BCUT2D eigenvalue weighted by Gasteiger charge is 2.44. The third-order valence-corrected chi connectivity index (χ3v) is 13.5. The van der Waals surface area contributed by atoms with E-state index in [-0.39, 0.29) is 90.6 Å². The standard InChI is InChI=1S/C37H57B2ClF2N8O6S/c1-38(53)44-16-6-22-50(3,4)21-5-15-43-36(52)27-7-9-28(10-8-27)37(41,42)29-23-33(40)45-34(24-29)47-17-19-48(20-18-47)57(55,56)32-13-11-31(12-14-32)49-26-30(25-35(49)51)46-39(2)54/h11-14,23-24,27-28,30,44,46,53-54H,5-10,15-22,25-26H2,1-4H3/p+1/t27?,28?,30-/m1/s1. The first-order valence-corrected chi connectivity index (χ1v) is 21.8. The van der Waals surface area contributed by atoms with Crippen molar-refractivity contribution >= 4 is 59.0 Å². The van der Waals surface area contributed by atoms with Crippen LogP contribution in [0.2, 0.25) is 18.8 Å². The van der Waals surface area contributed by atoms with Crippen LogP contribution in [-0.2, 0) is 25.5 Å². The summed E-state index contributed by atoms with van der Waals surface area (Å²) in [5.41, 5.74) is 0.320. The molecule has 1 aliphatic carbocycles. The number of benzene rings is 1. The minimum Gasteiger partial charge on any atom is -0.437 e. The van der Waals surface area contributed by atoms with Gasteiger partial charge >= 0.3 is 14.1 Å². The first-order chi connectivity index (χ1) is 26.9. The molecule has 5 N–H and O–H groups in total. The number of aromatic nitrogens is 1. The first-order valence-electron chi connectivity index (χ1n) is 20.0. The Morgan fingerprint density at radius 2 is 1.61 bits per heavy atom. The Hall–Kier alpha value is -2.90. The van der Waals surface area contributed by atoms with Crippen LogP contribution in [0, 0.1) is 11.8 Å². The zero-order valence-corrected chi connectivity index (χ0v) is 35.0. The maximum absolute atomic E-state index is 16.1. The number of sulfonamides is 1. The number of carbonyl (C=O) groups is 2. The van der Waals surface area contributed by atoms with Gasteiger partial charge in [0, 0.05) is 87.7 Å². The van der Waals surface area contributed by atoms with E-state index in [4.69, 9.17) is 11.6 Å². The highest BCUT2D eigenvalue weighted by Crippen LogP contribution is 2.46. The predicted octanol–water partition coefficient (Wildman–Crippen LogP) is 2.62. The van der Waals surface area contributed by atoms with E-state index in [1.54, 1.807) is 35.6 Å². The molecule has 0 bridgehead atoms. The van der Waals surface area contributed by atoms with Crippen molar-refractivity contribution in [2.45, 2.75) is 75.5 Å². The monoisotopic (exact) mass is 837 g/mol. The van der Waals surface area contributed by atoms with Gasteiger partial charge < -0.3 is 40.1 Å². The van der Waals surface area contributed by atoms with Crippen LogP contribution >= 0.6 is 11.6 Å². The lowest BCUT2D eigenvalue weighted by Crippen LogP contribution is -2.49. The van der Waals surface area contributed by atoms with Gasteiger partial charge in [0.1, 0.15) is 11.0 Å². The lowest BCUT2D eigenvalue weighted by atomic mass is 9.77. The van der Waals surface area contributed by atoms with Gasteiger partial charge in [-0.2, -0.15) is 4.31 Å². The zero-order valence-electron chi connectivity index (χ0n) is 33.5. The highest BCUT2D eigenvalue weighted by atomic mass is 35.5. The van der Waals surface area contributed by atoms with Gasteiger partial charge in [-0.1, -0.05) is 11.6 Å². The molecule has 2 saturated heterocycles. The van der Waals surface area contributed by atoms with E-state index in [1.165, 1.54) is 28.6 Å². The predicted molar refractivity (Wildman–Crippen MR) is 220 cm³/mol. The SMILES string of the molecule is CB(O)NCCC[N+](C)(C)CCCNC(=O)C1CCC(C(F)(F)c2cc(Cl)nc(N3CCN(S(=O)(=O)c4ccc(N5C[C@H](NB(C)O)CC5=O)cc4)CC3)c2)CC1. The van der Waals surface area contributed by atoms with E-state index in [0.29, 0.717) is 31.6 Å². The van der Waals surface area contributed by atoms with E-state index < -0.39 is 36.0 Å². The molecule has 314 valence electrons. The Kier molecular flexibility index (Phi) is 15.4. The van der Waals surface area contributed by atoms with Crippen molar-refractivity contribution < 1.29 is 41.3 Å². The fraction of sp³-hybridized carbons (Fsp3) is 0.649. The number of anilines is 2. The minimum absolute atomic E-state index is 0.0759. The molecular weight excluding hydrogens is 780 g/mol. The lowest BCUT2D eigenvalue weighted by molar-refractivity contribution is -0.890. The number of rotatable bonds is 18. The van der Waals surface area contributed by atoms with Crippen LogP contribution in [0.3, 0.4) is 0 Å². The fourth-order valence-corrected chi connectivity index (χ4v) is 9.73. The smallest absolute Gasteiger partial charge is 0.373 e. The normalized spacial score (nSPS) is 21.2. The molecule has 14 nitrogen and oxygen atoms in total. The molecule has 1 saturated carbocycles. The summed E-state index contributed by atoms with van der Waals surface area (Å²) < 4.78 is 61.4. The van der Waals surface area contributed by atoms with Crippen LogP contribution in [0.4, 0.5) is 20.3 Å². The van der Waals surface area contributed by atoms with Gasteiger partial charge in [0.2, 0.25) is 21.8 Å². The Morgan fingerprint density at radius 3 is 2.23 bits per heavy atom. The molecule has 3 fully saturated rings.